The maximum atomic E-state index is 5.51. The molecule has 0 aliphatic carbocycles. The zero-order chi connectivity index (χ0) is 15.7. The molecular formula is C16H25N5O. The fourth-order valence-electron chi connectivity index (χ4n) is 3.28. The van der Waals surface area contributed by atoms with Gasteiger partial charge in [0.2, 0.25) is 0 Å². The van der Waals surface area contributed by atoms with E-state index in [9.17, 15) is 0 Å². The third-order valence-corrected chi connectivity index (χ3v) is 4.67. The summed E-state index contributed by atoms with van der Waals surface area (Å²) in [6.07, 6.45) is 3.34. The average Bonchev–Trinajstić information content (AvgIpc) is 3.05. The van der Waals surface area contributed by atoms with Crippen molar-refractivity contribution in [3.63, 3.8) is 0 Å². The Kier molecular flexibility index (Phi) is 4.29. The number of aromatic nitrogens is 4. The third kappa shape index (κ3) is 2.92. The molecule has 0 atom stereocenters. The molecule has 22 heavy (non-hydrogen) atoms. The predicted molar refractivity (Wildman–Crippen MR) is 84.6 cm³/mol. The van der Waals surface area contributed by atoms with E-state index in [1.165, 1.54) is 12.8 Å². The van der Waals surface area contributed by atoms with E-state index >= 15 is 0 Å². The maximum absolute atomic E-state index is 5.51. The van der Waals surface area contributed by atoms with E-state index in [1.807, 2.05) is 11.6 Å². The lowest BCUT2D eigenvalue weighted by molar-refractivity contribution is 0.216. The standard InChI is InChI=1S/C16H25N5O/c1-5-21-12(3)15(11(2)18-21)16-17-14(19-22-16)10-13-6-8-20(4)9-7-13/h13H,5-10H2,1-4H3. The first-order chi connectivity index (χ1) is 10.6. The SMILES string of the molecule is CCn1nc(C)c(-c2nc(CC3CCN(C)CC3)no2)c1C. The van der Waals surface area contributed by atoms with Crippen LogP contribution in [-0.2, 0) is 13.0 Å². The highest BCUT2D eigenvalue weighted by molar-refractivity contribution is 5.59. The number of piperidine rings is 1. The second-order valence-corrected chi connectivity index (χ2v) is 6.33. The van der Waals surface area contributed by atoms with Crippen molar-refractivity contribution in [1.29, 1.82) is 0 Å². The molecule has 1 saturated heterocycles. The van der Waals surface area contributed by atoms with Gasteiger partial charge in [-0.05, 0) is 59.7 Å². The molecule has 1 fully saturated rings. The summed E-state index contributed by atoms with van der Waals surface area (Å²) in [4.78, 5) is 7.00. The largest absolute Gasteiger partial charge is 0.334 e. The zero-order valence-electron chi connectivity index (χ0n) is 14.0. The molecule has 0 aromatic carbocycles. The van der Waals surface area contributed by atoms with Crippen LogP contribution in [0.15, 0.2) is 4.52 Å². The molecule has 1 aliphatic heterocycles. The van der Waals surface area contributed by atoms with Gasteiger partial charge < -0.3 is 9.42 Å². The Labute approximate surface area is 131 Å². The first-order valence-corrected chi connectivity index (χ1v) is 8.14. The molecule has 1 aliphatic rings. The molecule has 120 valence electrons. The topological polar surface area (TPSA) is 60.0 Å². The first kappa shape index (κ1) is 15.2. The molecular weight excluding hydrogens is 278 g/mol. The minimum Gasteiger partial charge on any atom is -0.334 e. The highest BCUT2D eigenvalue weighted by atomic mass is 16.5. The van der Waals surface area contributed by atoms with Crippen molar-refractivity contribution >= 4 is 0 Å². The van der Waals surface area contributed by atoms with Crippen LogP contribution in [0.1, 0.15) is 37.0 Å². The van der Waals surface area contributed by atoms with E-state index in [4.69, 9.17) is 4.52 Å². The van der Waals surface area contributed by atoms with E-state index in [0.717, 1.165) is 48.8 Å². The molecule has 2 aromatic heterocycles. The summed E-state index contributed by atoms with van der Waals surface area (Å²) in [6.45, 7) is 9.31. The van der Waals surface area contributed by atoms with Crippen LogP contribution in [0, 0.1) is 19.8 Å². The monoisotopic (exact) mass is 303 g/mol. The second kappa shape index (κ2) is 6.20. The van der Waals surface area contributed by atoms with Crippen LogP contribution in [0.2, 0.25) is 0 Å². The number of likely N-dealkylation sites (tertiary alicyclic amines) is 1. The molecule has 6 heteroatoms. The number of hydrogen-bond donors (Lipinski definition) is 0. The van der Waals surface area contributed by atoms with Crippen LogP contribution >= 0.6 is 0 Å². The average molecular weight is 303 g/mol. The van der Waals surface area contributed by atoms with E-state index in [0.29, 0.717) is 11.8 Å². The van der Waals surface area contributed by atoms with E-state index < -0.39 is 0 Å². The lowest BCUT2D eigenvalue weighted by Crippen LogP contribution is -2.31. The molecule has 3 rings (SSSR count). The summed E-state index contributed by atoms with van der Waals surface area (Å²) in [6, 6.07) is 0. The van der Waals surface area contributed by atoms with Gasteiger partial charge >= 0.3 is 0 Å². The van der Waals surface area contributed by atoms with Crippen LogP contribution in [0.25, 0.3) is 11.5 Å². The normalized spacial score (nSPS) is 17.3. The Morgan fingerprint density at radius 1 is 1.23 bits per heavy atom. The molecule has 2 aromatic rings. The molecule has 0 bridgehead atoms. The molecule has 0 N–H and O–H groups in total. The van der Waals surface area contributed by atoms with Gasteiger partial charge in [-0.3, -0.25) is 4.68 Å². The van der Waals surface area contributed by atoms with Crippen molar-refractivity contribution in [2.45, 2.75) is 46.6 Å². The number of aryl methyl sites for hydroxylation is 2. The lowest BCUT2D eigenvalue weighted by atomic mass is 9.94. The van der Waals surface area contributed by atoms with Gasteiger partial charge in [-0.15, -0.1) is 0 Å². The van der Waals surface area contributed by atoms with E-state index in [1.54, 1.807) is 0 Å². The molecule has 0 amide bonds. The summed E-state index contributed by atoms with van der Waals surface area (Å²) >= 11 is 0. The van der Waals surface area contributed by atoms with Crippen LogP contribution in [0.5, 0.6) is 0 Å². The summed E-state index contributed by atoms with van der Waals surface area (Å²) in [7, 11) is 2.18. The Morgan fingerprint density at radius 3 is 2.59 bits per heavy atom. The Bertz CT molecular complexity index is 637. The van der Waals surface area contributed by atoms with E-state index in [-0.39, 0.29) is 0 Å². The maximum Gasteiger partial charge on any atom is 0.261 e. The fourth-order valence-corrected chi connectivity index (χ4v) is 3.28. The van der Waals surface area contributed by atoms with Crippen LogP contribution in [0.4, 0.5) is 0 Å². The highest BCUT2D eigenvalue weighted by Gasteiger charge is 2.22. The van der Waals surface area contributed by atoms with Gasteiger partial charge in [0.25, 0.3) is 5.89 Å². The van der Waals surface area contributed by atoms with Gasteiger partial charge in [-0.2, -0.15) is 10.1 Å². The lowest BCUT2D eigenvalue weighted by Gasteiger charge is -2.27. The van der Waals surface area contributed by atoms with E-state index in [2.05, 4.69) is 41.0 Å². The van der Waals surface area contributed by atoms with Crippen molar-refractivity contribution < 1.29 is 4.52 Å². The van der Waals surface area contributed by atoms with Gasteiger partial charge in [0.1, 0.15) is 0 Å². The van der Waals surface area contributed by atoms with Gasteiger partial charge in [-0.25, -0.2) is 0 Å². The molecule has 3 heterocycles. The highest BCUT2D eigenvalue weighted by Crippen LogP contribution is 2.26. The Balaban J connectivity index is 1.75. The van der Waals surface area contributed by atoms with Gasteiger partial charge in [-0.1, -0.05) is 5.16 Å². The van der Waals surface area contributed by atoms with Crippen LogP contribution in [0.3, 0.4) is 0 Å². The van der Waals surface area contributed by atoms with Crippen LogP contribution in [-0.4, -0.2) is 45.0 Å². The first-order valence-electron chi connectivity index (χ1n) is 8.14. The molecule has 0 unspecified atom stereocenters. The number of rotatable bonds is 4. The summed E-state index contributed by atoms with van der Waals surface area (Å²) in [5, 5.41) is 8.71. The van der Waals surface area contributed by atoms with Gasteiger partial charge in [0.15, 0.2) is 5.82 Å². The quantitative estimate of drug-likeness (QED) is 0.868. The van der Waals surface area contributed by atoms with Crippen molar-refractivity contribution in [2.24, 2.45) is 5.92 Å². The Hall–Kier alpha value is -1.69. The summed E-state index contributed by atoms with van der Waals surface area (Å²) < 4.78 is 7.49. The summed E-state index contributed by atoms with van der Waals surface area (Å²) in [5.41, 5.74) is 3.03. The number of hydrogen-bond acceptors (Lipinski definition) is 5. The molecule has 0 spiro atoms. The Morgan fingerprint density at radius 2 is 1.95 bits per heavy atom. The van der Waals surface area contributed by atoms with Crippen molar-refractivity contribution in [1.82, 2.24) is 24.8 Å². The van der Waals surface area contributed by atoms with Crippen LogP contribution < -0.4 is 0 Å². The minimum absolute atomic E-state index is 0.609. The summed E-state index contributed by atoms with van der Waals surface area (Å²) in [5.74, 6) is 2.10. The van der Waals surface area contributed by atoms with Gasteiger partial charge in [0, 0.05) is 18.7 Å². The predicted octanol–water partition coefficient (Wildman–Crippen LogP) is 2.45. The van der Waals surface area contributed by atoms with Crippen molar-refractivity contribution in [3.8, 4) is 11.5 Å². The third-order valence-electron chi connectivity index (χ3n) is 4.67. The molecule has 0 saturated carbocycles. The van der Waals surface area contributed by atoms with Crippen molar-refractivity contribution in [2.75, 3.05) is 20.1 Å². The smallest absolute Gasteiger partial charge is 0.261 e. The minimum atomic E-state index is 0.609. The number of nitrogens with zero attached hydrogens (tertiary/aromatic N) is 5. The van der Waals surface area contributed by atoms with Crippen molar-refractivity contribution in [3.05, 3.63) is 17.2 Å². The van der Waals surface area contributed by atoms with Gasteiger partial charge in [0.05, 0.1) is 11.3 Å². The second-order valence-electron chi connectivity index (χ2n) is 6.33. The molecule has 0 radical (unpaired) electrons. The zero-order valence-corrected chi connectivity index (χ0v) is 14.0. The fraction of sp³-hybridized carbons (Fsp3) is 0.688. The molecule has 6 nitrogen and oxygen atoms in total.